The second kappa shape index (κ2) is 5.90. The van der Waals surface area contributed by atoms with Crippen LogP contribution in [0, 0.1) is 0 Å². The molecule has 0 aliphatic carbocycles. The van der Waals surface area contributed by atoms with Gasteiger partial charge in [-0.15, -0.1) is 5.10 Å². The highest BCUT2D eigenvalue weighted by Gasteiger charge is 2.28. The topological polar surface area (TPSA) is 69.9 Å². The molecule has 9 heteroatoms. The molecule has 0 unspecified atom stereocenters. The number of aromatic nitrogens is 4. The minimum absolute atomic E-state index is 0.0642. The largest absolute Gasteiger partial charge is 0.496 e. The van der Waals surface area contributed by atoms with Crippen molar-refractivity contribution >= 4 is 6.29 Å². The van der Waals surface area contributed by atoms with E-state index in [9.17, 15) is 18.0 Å². The first kappa shape index (κ1) is 14.9. The van der Waals surface area contributed by atoms with Gasteiger partial charge in [0.1, 0.15) is 5.75 Å². The zero-order valence-electron chi connectivity index (χ0n) is 11.0. The second-order valence-electron chi connectivity index (χ2n) is 4.17. The van der Waals surface area contributed by atoms with Crippen molar-refractivity contribution in [3.8, 4) is 11.4 Å². The molecule has 0 aliphatic rings. The molecule has 2 aromatic rings. The SMILES string of the molecule is COc1ccc(-n2nnnc2CCC(F)(F)F)cc1C=O. The average Bonchev–Trinajstić information content (AvgIpc) is 2.92. The monoisotopic (exact) mass is 300 g/mol. The minimum atomic E-state index is -4.29. The van der Waals surface area contributed by atoms with Crippen LogP contribution < -0.4 is 4.74 Å². The van der Waals surface area contributed by atoms with Gasteiger partial charge in [-0.1, -0.05) is 0 Å². The second-order valence-corrected chi connectivity index (χ2v) is 4.17. The van der Waals surface area contributed by atoms with Crippen molar-refractivity contribution in [3.05, 3.63) is 29.6 Å². The summed E-state index contributed by atoms with van der Waals surface area (Å²) >= 11 is 0. The summed E-state index contributed by atoms with van der Waals surface area (Å²) in [6, 6.07) is 4.52. The fraction of sp³-hybridized carbons (Fsp3) is 0.333. The Hall–Kier alpha value is -2.45. The van der Waals surface area contributed by atoms with Crippen molar-refractivity contribution in [3.63, 3.8) is 0 Å². The first-order chi connectivity index (χ1) is 9.94. The number of halogens is 3. The van der Waals surface area contributed by atoms with Gasteiger partial charge < -0.3 is 4.74 Å². The van der Waals surface area contributed by atoms with Crippen LogP contribution in [-0.2, 0) is 6.42 Å². The number of nitrogens with zero attached hydrogens (tertiary/aromatic N) is 4. The molecule has 0 atom stereocenters. The van der Waals surface area contributed by atoms with E-state index >= 15 is 0 Å². The normalized spacial score (nSPS) is 11.4. The van der Waals surface area contributed by atoms with Crippen LogP contribution in [0.25, 0.3) is 5.69 Å². The van der Waals surface area contributed by atoms with Crippen molar-refractivity contribution < 1.29 is 22.7 Å². The van der Waals surface area contributed by atoms with Gasteiger partial charge in [-0.25, -0.2) is 0 Å². The smallest absolute Gasteiger partial charge is 0.389 e. The average molecular weight is 300 g/mol. The Morgan fingerprint density at radius 2 is 2.14 bits per heavy atom. The van der Waals surface area contributed by atoms with Crippen molar-refractivity contribution in [2.75, 3.05) is 7.11 Å². The maximum Gasteiger partial charge on any atom is 0.389 e. The number of rotatable bonds is 5. The summed E-state index contributed by atoms with van der Waals surface area (Å²) in [5.41, 5.74) is 0.646. The molecule has 0 saturated carbocycles. The van der Waals surface area contributed by atoms with E-state index in [4.69, 9.17) is 4.74 Å². The van der Waals surface area contributed by atoms with Gasteiger partial charge in [-0.05, 0) is 28.6 Å². The van der Waals surface area contributed by atoms with E-state index in [1.165, 1.54) is 19.2 Å². The van der Waals surface area contributed by atoms with Crippen LogP contribution in [0.3, 0.4) is 0 Å². The molecule has 1 aromatic carbocycles. The maximum atomic E-state index is 12.3. The van der Waals surface area contributed by atoms with Crippen LogP contribution in [0.4, 0.5) is 13.2 Å². The molecule has 0 saturated heterocycles. The zero-order valence-corrected chi connectivity index (χ0v) is 11.0. The Morgan fingerprint density at radius 1 is 1.38 bits per heavy atom. The first-order valence-corrected chi connectivity index (χ1v) is 5.92. The number of alkyl halides is 3. The lowest BCUT2D eigenvalue weighted by Crippen LogP contribution is -2.12. The van der Waals surface area contributed by atoms with Crippen molar-refractivity contribution in [1.82, 2.24) is 20.2 Å². The van der Waals surface area contributed by atoms with E-state index in [0.29, 0.717) is 17.7 Å². The fourth-order valence-corrected chi connectivity index (χ4v) is 1.76. The highest BCUT2D eigenvalue weighted by Crippen LogP contribution is 2.23. The number of carbonyl (C=O) groups excluding carboxylic acids is 1. The number of carbonyl (C=O) groups is 1. The number of benzene rings is 1. The third kappa shape index (κ3) is 3.56. The number of methoxy groups -OCH3 is 1. The van der Waals surface area contributed by atoms with Gasteiger partial charge in [0, 0.05) is 6.42 Å². The lowest BCUT2D eigenvalue weighted by molar-refractivity contribution is -0.134. The van der Waals surface area contributed by atoms with Gasteiger partial charge in [0.2, 0.25) is 0 Å². The van der Waals surface area contributed by atoms with Crippen LogP contribution in [0.2, 0.25) is 0 Å². The van der Waals surface area contributed by atoms with Crippen molar-refractivity contribution in [2.24, 2.45) is 0 Å². The van der Waals surface area contributed by atoms with Crippen molar-refractivity contribution in [1.29, 1.82) is 0 Å². The summed E-state index contributed by atoms with van der Waals surface area (Å²) in [5.74, 6) is 0.424. The third-order valence-electron chi connectivity index (χ3n) is 2.75. The Kier molecular flexibility index (Phi) is 4.20. The van der Waals surface area contributed by atoms with E-state index in [1.54, 1.807) is 6.07 Å². The molecule has 0 radical (unpaired) electrons. The molecule has 0 aliphatic heterocycles. The standard InChI is InChI=1S/C12H11F3N4O2/c1-21-10-3-2-9(6-8(10)7-20)19-11(16-17-18-19)4-5-12(13,14)15/h2-3,6-7H,4-5H2,1H3. The van der Waals surface area contributed by atoms with Gasteiger partial charge in [0.25, 0.3) is 0 Å². The van der Waals surface area contributed by atoms with E-state index in [0.717, 1.165) is 4.68 Å². The summed E-state index contributed by atoms with van der Waals surface area (Å²) in [6.07, 6.45) is -5.07. The lowest BCUT2D eigenvalue weighted by atomic mass is 10.2. The highest BCUT2D eigenvalue weighted by atomic mass is 19.4. The van der Waals surface area contributed by atoms with E-state index in [-0.39, 0.29) is 17.8 Å². The highest BCUT2D eigenvalue weighted by molar-refractivity contribution is 5.80. The fourth-order valence-electron chi connectivity index (χ4n) is 1.76. The molecular weight excluding hydrogens is 289 g/mol. The summed E-state index contributed by atoms with van der Waals surface area (Å²) in [6.45, 7) is 0. The van der Waals surface area contributed by atoms with E-state index < -0.39 is 12.6 Å². The van der Waals surface area contributed by atoms with Crippen LogP contribution in [0.1, 0.15) is 22.6 Å². The van der Waals surface area contributed by atoms with Gasteiger partial charge in [-0.3, -0.25) is 4.79 Å². The molecular formula is C12H11F3N4O2. The number of ether oxygens (including phenoxy) is 1. The molecule has 112 valence electrons. The molecule has 2 rings (SSSR count). The number of tetrazole rings is 1. The predicted octanol–water partition coefficient (Wildman–Crippen LogP) is 1.98. The Labute approximate surface area is 117 Å². The van der Waals surface area contributed by atoms with Gasteiger partial charge in [-0.2, -0.15) is 17.9 Å². The van der Waals surface area contributed by atoms with Gasteiger partial charge in [0.05, 0.1) is 24.8 Å². The quantitative estimate of drug-likeness (QED) is 0.790. The molecule has 21 heavy (non-hydrogen) atoms. The molecule has 0 spiro atoms. The molecule has 0 bridgehead atoms. The lowest BCUT2D eigenvalue weighted by Gasteiger charge is -2.09. The first-order valence-electron chi connectivity index (χ1n) is 5.92. The summed E-state index contributed by atoms with van der Waals surface area (Å²) in [5, 5.41) is 10.6. The number of aryl methyl sites for hydroxylation is 1. The van der Waals surface area contributed by atoms with Gasteiger partial charge in [0.15, 0.2) is 12.1 Å². The molecule has 1 aromatic heterocycles. The zero-order chi connectivity index (χ0) is 15.5. The predicted molar refractivity (Wildman–Crippen MR) is 65.5 cm³/mol. The van der Waals surface area contributed by atoms with E-state index in [1.807, 2.05) is 0 Å². The molecule has 0 amide bonds. The Morgan fingerprint density at radius 3 is 2.76 bits per heavy atom. The van der Waals surface area contributed by atoms with Crippen LogP contribution in [0.5, 0.6) is 5.75 Å². The minimum Gasteiger partial charge on any atom is -0.496 e. The summed E-state index contributed by atoms with van der Waals surface area (Å²) < 4.78 is 42.9. The molecule has 0 N–H and O–H groups in total. The van der Waals surface area contributed by atoms with Crippen molar-refractivity contribution in [2.45, 2.75) is 19.0 Å². The Balaban J connectivity index is 2.31. The van der Waals surface area contributed by atoms with E-state index in [2.05, 4.69) is 15.5 Å². The van der Waals surface area contributed by atoms with Crippen LogP contribution in [0.15, 0.2) is 18.2 Å². The third-order valence-corrected chi connectivity index (χ3v) is 2.75. The van der Waals surface area contributed by atoms with Crippen LogP contribution in [-0.4, -0.2) is 39.8 Å². The van der Waals surface area contributed by atoms with Gasteiger partial charge >= 0.3 is 6.18 Å². The summed E-state index contributed by atoms with van der Waals surface area (Å²) in [7, 11) is 1.41. The maximum absolute atomic E-state index is 12.3. The van der Waals surface area contributed by atoms with Crippen LogP contribution >= 0.6 is 0 Å². The Bertz CT molecular complexity index is 640. The number of hydrogen-bond acceptors (Lipinski definition) is 5. The molecule has 6 nitrogen and oxygen atoms in total. The number of aldehydes is 1. The number of hydrogen-bond donors (Lipinski definition) is 0. The molecule has 0 fully saturated rings. The molecule has 1 heterocycles. The summed E-state index contributed by atoms with van der Waals surface area (Å²) in [4.78, 5) is 11.0.